The fraction of sp³-hybridized carbons (Fsp3) is 0.286. The van der Waals surface area contributed by atoms with Crippen molar-refractivity contribution in [2.75, 3.05) is 32.4 Å². The van der Waals surface area contributed by atoms with Crippen molar-refractivity contribution in [2.24, 2.45) is 0 Å². The number of hydrogen-bond acceptors (Lipinski definition) is 4. The lowest BCUT2D eigenvalue weighted by atomic mass is 9.97. The lowest BCUT2D eigenvalue weighted by molar-refractivity contribution is -0.144. The van der Waals surface area contributed by atoms with E-state index in [4.69, 9.17) is 0 Å². The average Bonchev–Trinajstić information content (AvgIpc) is 3.08. The molecule has 7 nitrogen and oxygen atoms in total. The number of carbonyl (C=O) groups is 1. The van der Waals surface area contributed by atoms with Crippen LogP contribution in [0.15, 0.2) is 54.6 Å². The minimum atomic E-state index is -3.28. The van der Waals surface area contributed by atoms with Crippen molar-refractivity contribution < 1.29 is 18.3 Å². The Morgan fingerprint density at radius 2 is 1.62 bits per heavy atom. The molecular formula is C21H23N3O4S. The molecule has 2 heterocycles. The Kier molecular flexibility index (Phi) is 5.16. The molecule has 0 unspecified atom stereocenters. The summed E-state index contributed by atoms with van der Waals surface area (Å²) in [4.78, 5) is 17.7. The van der Waals surface area contributed by atoms with Crippen molar-refractivity contribution in [3.05, 3.63) is 60.2 Å². The molecule has 4 rings (SSSR count). The van der Waals surface area contributed by atoms with Crippen LogP contribution in [0.5, 0.6) is 0 Å². The second-order valence-electron chi connectivity index (χ2n) is 7.26. The molecule has 1 aliphatic rings. The van der Waals surface area contributed by atoms with Crippen LogP contribution in [-0.4, -0.2) is 66.1 Å². The van der Waals surface area contributed by atoms with E-state index in [-0.39, 0.29) is 13.1 Å². The van der Waals surface area contributed by atoms with Crippen LogP contribution in [0.2, 0.25) is 0 Å². The quantitative estimate of drug-likeness (QED) is 0.670. The van der Waals surface area contributed by atoms with E-state index < -0.39 is 22.0 Å². The molecule has 0 spiro atoms. The van der Waals surface area contributed by atoms with Crippen LogP contribution in [-0.2, 0) is 14.8 Å². The third kappa shape index (κ3) is 3.78. The van der Waals surface area contributed by atoms with E-state index in [1.165, 1.54) is 10.6 Å². The van der Waals surface area contributed by atoms with Gasteiger partial charge in [-0.3, -0.25) is 9.69 Å². The number of rotatable bonds is 5. The van der Waals surface area contributed by atoms with E-state index in [1.807, 2.05) is 59.5 Å². The van der Waals surface area contributed by atoms with Gasteiger partial charge < -0.3 is 10.1 Å². The van der Waals surface area contributed by atoms with Gasteiger partial charge in [-0.15, -0.1) is 0 Å². The van der Waals surface area contributed by atoms with Gasteiger partial charge >= 0.3 is 5.97 Å². The molecule has 3 aromatic rings. The van der Waals surface area contributed by atoms with Crippen molar-refractivity contribution in [3.63, 3.8) is 0 Å². The van der Waals surface area contributed by atoms with E-state index in [9.17, 15) is 18.3 Å². The lowest BCUT2D eigenvalue weighted by Gasteiger charge is -2.36. The molecule has 1 atom stereocenters. The van der Waals surface area contributed by atoms with Crippen molar-refractivity contribution in [3.8, 4) is 11.3 Å². The van der Waals surface area contributed by atoms with E-state index in [0.29, 0.717) is 18.7 Å². The number of fused-ring (bicyclic) bond motifs is 1. The van der Waals surface area contributed by atoms with Crippen LogP contribution < -0.4 is 0 Å². The summed E-state index contributed by atoms with van der Waals surface area (Å²) in [6.45, 7) is 1.28. The summed E-state index contributed by atoms with van der Waals surface area (Å²) in [6, 6.07) is 16.5. The monoisotopic (exact) mass is 413 g/mol. The number of aromatic nitrogens is 1. The van der Waals surface area contributed by atoms with E-state index in [2.05, 4.69) is 4.98 Å². The molecular weight excluding hydrogens is 390 g/mol. The van der Waals surface area contributed by atoms with E-state index in [0.717, 1.165) is 22.2 Å². The summed E-state index contributed by atoms with van der Waals surface area (Å²) in [7, 11) is -3.28. The smallest absolute Gasteiger partial charge is 0.325 e. The maximum atomic E-state index is 12.4. The predicted molar refractivity (Wildman–Crippen MR) is 112 cm³/mol. The summed E-state index contributed by atoms with van der Waals surface area (Å²) in [5.41, 5.74) is 3.29. The topological polar surface area (TPSA) is 93.7 Å². The molecule has 1 aromatic heterocycles. The van der Waals surface area contributed by atoms with Crippen molar-refractivity contribution in [1.82, 2.24) is 14.2 Å². The highest BCUT2D eigenvalue weighted by atomic mass is 32.2. The van der Waals surface area contributed by atoms with Crippen LogP contribution >= 0.6 is 0 Å². The van der Waals surface area contributed by atoms with Gasteiger partial charge in [0.1, 0.15) is 6.04 Å². The summed E-state index contributed by atoms with van der Waals surface area (Å²) in [6.07, 6.45) is 1.19. The first-order valence-electron chi connectivity index (χ1n) is 9.44. The summed E-state index contributed by atoms with van der Waals surface area (Å²) in [5, 5.41) is 11.0. The average molecular weight is 413 g/mol. The van der Waals surface area contributed by atoms with E-state index in [1.54, 1.807) is 0 Å². The minimum absolute atomic E-state index is 0.283. The molecule has 1 fully saturated rings. The zero-order valence-electron chi connectivity index (χ0n) is 16.1. The summed E-state index contributed by atoms with van der Waals surface area (Å²) >= 11 is 0. The Balaban J connectivity index is 1.80. The Hall–Kier alpha value is -2.68. The van der Waals surface area contributed by atoms with Gasteiger partial charge in [0.05, 0.1) is 11.9 Å². The van der Waals surface area contributed by atoms with Crippen LogP contribution in [0, 0.1) is 0 Å². The predicted octanol–water partition coefficient (Wildman–Crippen LogP) is 2.54. The fourth-order valence-electron chi connectivity index (χ4n) is 4.04. The Bertz CT molecular complexity index is 1130. The van der Waals surface area contributed by atoms with Crippen LogP contribution in [0.1, 0.15) is 11.6 Å². The number of aromatic amines is 1. The molecule has 0 saturated carbocycles. The zero-order valence-corrected chi connectivity index (χ0v) is 16.9. The first-order valence-corrected chi connectivity index (χ1v) is 11.3. The minimum Gasteiger partial charge on any atom is -0.480 e. The molecule has 1 aliphatic heterocycles. The first-order chi connectivity index (χ1) is 13.9. The van der Waals surface area contributed by atoms with Gasteiger partial charge in [-0.2, -0.15) is 4.31 Å². The highest BCUT2D eigenvalue weighted by Gasteiger charge is 2.35. The van der Waals surface area contributed by atoms with Gasteiger partial charge in [-0.1, -0.05) is 48.5 Å². The van der Waals surface area contributed by atoms with Crippen molar-refractivity contribution in [1.29, 1.82) is 0 Å². The maximum Gasteiger partial charge on any atom is 0.325 e. The SMILES string of the molecule is CS(=O)(=O)N1CCN([C@H](C(=O)O)c2c(-c3ccccc3)[nH]c3ccccc23)CC1. The van der Waals surface area contributed by atoms with Gasteiger partial charge in [-0.25, -0.2) is 8.42 Å². The Morgan fingerprint density at radius 1 is 1.00 bits per heavy atom. The number of para-hydroxylation sites is 1. The highest BCUT2D eigenvalue weighted by molar-refractivity contribution is 7.88. The van der Waals surface area contributed by atoms with Gasteiger partial charge in [0, 0.05) is 42.6 Å². The van der Waals surface area contributed by atoms with Gasteiger partial charge in [0.15, 0.2) is 0 Å². The number of sulfonamides is 1. The van der Waals surface area contributed by atoms with Crippen molar-refractivity contribution >= 4 is 26.9 Å². The third-order valence-corrected chi connectivity index (χ3v) is 6.73. The highest BCUT2D eigenvalue weighted by Crippen LogP contribution is 2.37. The number of nitrogens with zero attached hydrogens (tertiary/aromatic N) is 2. The number of carboxylic acids is 1. The second kappa shape index (κ2) is 7.62. The molecule has 2 N–H and O–H groups in total. The molecule has 8 heteroatoms. The molecule has 29 heavy (non-hydrogen) atoms. The molecule has 0 amide bonds. The Morgan fingerprint density at radius 3 is 2.24 bits per heavy atom. The van der Waals surface area contributed by atoms with Crippen LogP contribution in [0.3, 0.4) is 0 Å². The van der Waals surface area contributed by atoms with E-state index >= 15 is 0 Å². The fourth-order valence-corrected chi connectivity index (χ4v) is 4.86. The van der Waals surface area contributed by atoms with Crippen LogP contribution in [0.25, 0.3) is 22.2 Å². The maximum absolute atomic E-state index is 12.4. The van der Waals surface area contributed by atoms with Gasteiger partial charge in [0.25, 0.3) is 0 Å². The number of benzene rings is 2. The first kappa shape index (κ1) is 19.6. The third-order valence-electron chi connectivity index (χ3n) is 5.42. The largest absolute Gasteiger partial charge is 0.480 e. The van der Waals surface area contributed by atoms with Crippen LogP contribution in [0.4, 0.5) is 0 Å². The number of H-pyrrole nitrogens is 1. The van der Waals surface area contributed by atoms with Gasteiger partial charge in [0.2, 0.25) is 10.0 Å². The molecule has 0 aliphatic carbocycles. The number of piperazine rings is 1. The lowest BCUT2D eigenvalue weighted by Crippen LogP contribution is -2.50. The molecule has 0 radical (unpaired) electrons. The van der Waals surface area contributed by atoms with Crippen molar-refractivity contribution in [2.45, 2.75) is 6.04 Å². The number of aliphatic carboxylic acids is 1. The number of carboxylic acid groups (broad SMARTS) is 1. The number of nitrogens with one attached hydrogen (secondary N) is 1. The normalized spacial score (nSPS) is 17.4. The molecule has 152 valence electrons. The zero-order chi connectivity index (χ0) is 20.6. The number of hydrogen-bond donors (Lipinski definition) is 2. The van der Waals surface area contributed by atoms with Gasteiger partial charge in [-0.05, 0) is 11.6 Å². The molecule has 1 saturated heterocycles. The summed E-state index contributed by atoms with van der Waals surface area (Å²) in [5.74, 6) is -0.945. The molecule has 2 aromatic carbocycles. The summed E-state index contributed by atoms with van der Waals surface area (Å²) < 4.78 is 25.0. The standard InChI is InChI=1S/C21H23N3O4S/c1-29(27,28)24-13-11-23(12-14-24)20(21(25)26)18-16-9-5-6-10-17(16)22-19(18)15-7-3-2-4-8-15/h2-10,20,22H,11-14H2,1H3,(H,25,26)/t20-/m0/s1. The second-order valence-corrected chi connectivity index (χ2v) is 9.25. The molecule has 0 bridgehead atoms. The Labute approximate surface area is 169 Å².